The molecule has 1 heterocycles. The van der Waals surface area contributed by atoms with Gasteiger partial charge in [0.15, 0.2) is 5.96 Å². The molecule has 0 aliphatic carbocycles. The van der Waals surface area contributed by atoms with Gasteiger partial charge < -0.3 is 25.2 Å². The highest BCUT2D eigenvalue weighted by Crippen LogP contribution is 2.22. The van der Waals surface area contributed by atoms with E-state index in [9.17, 15) is 4.79 Å². The smallest absolute Gasteiger partial charge is 0.221 e. The molecular weight excluding hydrogens is 330 g/mol. The molecule has 1 saturated heterocycles. The first-order valence-electron chi connectivity index (χ1n) is 9.17. The predicted octanol–water partition coefficient (Wildman–Crippen LogP) is 1.31. The number of anilines is 1. The van der Waals surface area contributed by atoms with Crippen molar-refractivity contribution < 1.29 is 9.53 Å². The molecule has 1 aliphatic rings. The van der Waals surface area contributed by atoms with Crippen molar-refractivity contribution in [3.63, 3.8) is 0 Å². The van der Waals surface area contributed by atoms with Gasteiger partial charge in [0, 0.05) is 64.0 Å². The fourth-order valence-electron chi connectivity index (χ4n) is 3.00. The number of rotatable bonds is 6. The van der Waals surface area contributed by atoms with Gasteiger partial charge in [-0.3, -0.25) is 9.79 Å². The van der Waals surface area contributed by atoms with E-state index in [1.54, 1.807) is 14.2 Å². The Labute approximate surface area is 156 Å². The van der Waals surface area contributed by atoms with Gasteiger partial charge in [-0.1, -0.05) is 6.07 Å². The number of amides is 1. The molecule has 1 aromatic rings. The van der Waals surface area contributed by atoms with Gasteiger partial charge in [-0.15, -0.1) is 0 Å². The van der Waals surface area contributed by atoms with Gasteiger partial charge in [-0.2, -0.15) is 0 Å². The summed E-state index contributed by atoms with van der Waals surface area (Å²) in [6, 6.07) is 8.32. The number of hydrogen-bond donors (Lipinski definition) is 2. The Kier molecular flexibility index (Phi) is 7.56. The Hall–Kier alpha value is -2.44. The molecule has 0 saturated carbocycles. The van der Waals surface area contributed by atoms with Crippen molar-refractivity contribution in [1.29, 1.82) is 0 Å². The number of methoxy groups -OCH3 is 1. The van der Waals surface area contributed by atoms with Crippen molar-refractivity contribution in [3.05, 3.63) is 24.3 Å². The number of ether oxygens (including phenoxy) is 1. The number of piperazine rings is 1. The second kappa shape index (κ2) is 9.89. The highest BCUT2D eigenvalue weighted by molar-refractivity contribution is 5.81. The summed E-state index contributed by atoms with van der Waals surface area (Å²) in [6.07, 6.45) is 0.445. The lowest BCUT2D eigenvalue weighted by Crippen LogP contribution is -2.53. The predicted molar refractivity (Wildman–Crippen MR) is 106 cm³/mol. The summed E-state index contributed by atoms with van der Waals surface area (Å²) in [5.74, 6) is 1.79. The van der Waals surface area contributed by atoms with E-state index in [1.165, 1.54) is 5.69 Å². The molecule has 0 atom stereocenters. The summed E-state index contributed by atoms with van der Waals surface area (Å²) in [7, 11) is 3.47. The summed E-state index contributed by atoms with van der Waals surface area (Å²) < 4.78 is 5.31. The van der Waals surface area contributed by atoms with Gasteiger partial charge in [-0.25, -0.2) is 0 Å². The quantitative estimate of drug-likeness (QED) is 0.591. The Bertz CT molecular complexity index is 610. The summed E-state index contributed by atoms with van der Waals surface area (Å²) in [4.78, 5) is 20.7. The van der Waals surface area contributed by atoms with Gasteiger partial charge in [0.05, 0.1) is 7.11 Å². The zero-order valence-electron chi connectivity index (χ0n) is 16.3. The summed E-state index contributed by atoms with van der Waals surface area (Å²) in [6.45, 7) is 8.12. The second-order valence-electron chi connectivity index (χ2n) is 6.62. The zero-order valence-corrected chi connectivity index (χ0v) is 16.3. The van der Waals surface area contributed by atoms with Crippen molar-refractivity contribution in [1.82, 2.24) is 15.5 Å². The van der Waals surface area contributed by atoms with Crippen LogP contribution in [-0.2, 0) is 4.79 Å². The van der Waals surface area contributed by atoms with Crippen LogP contribution in [0.1, 0.15) is 20.3 Å². The van der Waals surface area contributed by atoms with Crippen molar-refractivity contribution in [3.8, 4) is 5.75 Å². The minimum atomic E-state index is 0.0609. The topological polar surface area (TPSA) is 69.2 Å². The third-order valence-electron chi connectivity index (χ3n) is 4.29. The number of carbonyl (C=O) groups excluding carboxylic acids is 1. The maximum absolute atomic E-state index is 11.7. The molecule has 26 heavy (non-hydrogen) atoms. The molecule has 2 N–H and O–H groups in total. The minimum absolute atomic E-state index is 0.0609. The van der Waals surface area contributed by atoms with E-state index >= 15 is 0 Å². The lowest BCUT2D eigenvalue weighted by atomic mass is 10.2. The molecule has 2 rings (SSSR count). The normalized spacial score (nSPS) is 15.2. The fourth-order valence-corrected chi connectivity index (χ4v) is 3.00. The van der Waals surface area contributed by atoms with Crippen LogP contribution in [0.3, 0.4) is 0 Å². The summed E-state index contributed by atoms with van der Waals surface area (Å²) >= 11 is 0. The molecule has 7 nitrogen and oxygen atoms in total. The molecule has 1 aromatic carbocycles. The number of hydrogen-bond acceptors (Lipinski definition) is 4. The third-order valence-corrected chi connectivity index (χ3v) is 4.29. The highest BCUT2D eigenvalue weighted by Gasteiger charge is 2.20. The van der Waals surface area contributed by atoms with Crippen LogP contribution in [0.5, 0.6) is 5.75 Å². The molecule has 7 heteroatoms. The van der Waals surface area contributed by atoms with E-state index in [-0.39, 0.29) is 11.9 Å². The zero-order chi connectivity index (χ0) is 18.9. The fraction of sp³-hybridized carbons (Fsp3) is 0.579. The molecule has 0 spiro atoms. The molecule has 0 unspecified atom stereocenters. The van der Waals surface area contributed by atoms with Crippen molar-refractivity contribution in [2.45, 2.75) is 26.3 Å². The maximum atomic E-state index is 11.7. The Morgan fingerprint density at radius 1 is 1.27 bits per heavy atom. The molecular formula is C19H31N5O2. The van der Waals surface area contributed by atoms with E-state index in [1.807, 2.05) is 26.0 Å². The van der Waals surface area contributed by atoms with Crippen molar-refractivity contribution in [2.24, 2.45) is 4.99 Å². The van der Waals surface area contributed by atoms with E-state index in [4.69, 9.17) is 4.74 Å². The average Bonchev–Trinajstić information content (AvgIpc) is 2.65. The van der Waals surface area contributed by atoms with Gasteiger partial charge in [0.2, 0.25) is 5.91 Å². The van der Waals surface area contributed by atoms with Crippen molar-refractivity contribution in [2.75, 3.05) is 51.8 Å². The third kappa shape index (κ3) is 5.82. The van der Waals surface area contributed by atoms with Gasteiger partial charge in [0.1, 0.15) is 5.75 Å². The number of guanidine groups is 1. The first-order valence-corrected chi connectivity index (χ1v) is 9.17. The Morgan fingerprint density at radius 3 is 2.62 bits per heavy atom. The molecule has 0 radical (unpaired) electrons. The monoisotopic (exact) mass is 361 g/mol. The van der Waals surface area contributed by atoms with Crippen LogP contribution < -0.4 is 20.3 Å². The summed E-state index contributed by atoms with van der Waals surface area (Å²) in [5.41, 5.74) is 1.18. The van der Waals surface area contributed by atoms with Crippen molar-refractivity contribution >= 4 is 17.6 Å². The average molecular weight is 361 g/mol. The largest absolute Gasteiger partial charge is 0.497 e. The van der Waals surface area contributed by atoms with Gasteiger partial charge in [-0.05, 0) is 26.0 Å². The first kappa shape index (κ1) is 19.9. The van der Waals surface area contributed by atoms with E-state index in [2.05, 4.69) is 37.6 Å². The van der Waals surface area contributed by atoms with Crippen LogP contribution in [0, 0.1) is 0 Å². The Balaban J connectivity index is 1.80. The number of carbonyl (C=O) groups is 1. The number of benzene rings is 1. The van der Waals surface area contributed by atoms with Crippen LogP contribution in [-0.4, -0.2) is 69.7 Å². The number of aliphatic imine (C=N–C) groups is 1. The molecule has 1 fully saturated rings. The maximum Gasteiger partial charge on any atom is 0.221 e. The van der Waals surface area contributed by atoms with Crippen LogP contribution in [0.4, 0.5) is 5.69 Å². The molecule has 144 valence electrons. The molecule has 1 aliphatic heterocycles. The van der Waals surface area contributed by atoms with Crippen LogP contribution in [0.2, 0.25) is 0 Å². The summed E-state index contributed by atoms with van der Waals surface area (Å²) in [5, 5.41) is 6.19. The SMILES string of the molecule is CN=C(NCCC(=O)NC(C)C)N1CCN(c2cccc(OC)c2)CC1. The van der Waals surface area contributed by atoms with Gasteiger partial charge in [0.25, 0.3) is 0 Å². The molecule has 0 aromatic heterocycles. The Morgan fingerprint density at radius 2 is 2.00 bits per heavy atom. The number of nitrogens with one attached hydrogen (secondary N) is 2. The molecule has 1 amide bonds. The van der Waals surface area contributed by atoms with Crippen LogP contribution >= 0.6 is 0 Å². The van der Waals surface area contributed by atoms with E-state index in [0.29, 0.717) is 13.0 Å². The minimum Gasteiger partial charge on any atom is -0.497 e. The highest BCUT2D eigenvalue weighted by atomic mass is 16.5. The lowest BCUT2D eigenvalue weighted by Gasteiger charge is -2.37. The van der Waals surface area contributed by atoms with E-state index < -0.39 is 0 Å². The number of nitrogens with zero attached hydrogens (tertiary/aromatic N) is 3. The van der Waals surface area contributed by atoms with E-state index in [0.717, 1.165) is 37.9 Å². The standard InChI is InChI=1S/C19H31N5O2/c1-15(2)22-18(25)8-9-21-19(20-3)24-12-10-23(11-13-24)16-6-5-7-17(14-16)26-4/h5-7,14-15H,8-13H2,1-4H3,(H,20,21)(H,22,25). The van der Waals surface area contributed by atoms with Crippen LogP contribution in [0.25, 0.3) is 0 Å². The second-order valence-corrected chi connectivity index (χ2v) is 6.62. The van der Waals surface area contributed by atoms with Gasteiger partial charge >= 0.3 is 0 Å². The van der Waals surface area contributed by atoms with Crippen LogP contribution in [0.15, 0.2) is 29.3 Å². The first-order chi connectivity index (χ1) is 12.5. The lowest BCUT2D eigenvalue weighted by molar-refractivity contribution is -0.121. The molecule has 0 bridgehead atoms.